The van der Waals surface area contributed by atoms with Crippen LogP contribution in [-0.4, -0.2) is 32.7 Å². The predicted octanol–water partition coefficient (Wildman–Crippen LogP) is 2.74. The topological polar surface area (TPSA) is 37.4 Å². The van der Waals surface area contributed by atoms with Crippen molar-refractivity contribution in [1.29, 1.82) is 0 Å². The Kier molecular flexibility index (Phi) is 4.17. The summed E-state index contributed by atoms with van der Waals surface area (Å²) in [6.45, 7) is 2.04. The summed E-state index contributed by atoms with van der Waals surface area (Å²) in [6.07, 6.45) is 5.82. The maximum absolute atomic E-state index is 5.39. The summed E-state index contributed by atoms with van der Waals surface area (Å²) in [5.74, 6) is 3.72. The molecule has 2 fully saturated rings. The zero-order valence-electron chi connectivity index (χ0n) is 12.7. The summed E-state index contributed by atoms with van der Waals surface area (Å²) in [5.41, 5.74) is 0. The third kappa shape index (κ3) is 3.26. The molecule has 1 heterocycles. The second kappa shape index (κ2) is 5.90. The van der Waals surface area contributed by atoms with E-state index in [1.54, 1.807) is 18.4 Å². The molecule has 2 saturated carbocycles. The van der Waals surface area contributed by atoms with Gasteiger partial charge >= 0.3 is 0 Å². The van der Waals surface area contributed by atoms with Crippen LogP contribution in [0.5, 0.6) is 5.88 Å². The van der Waals surface area contributed by atoms with Gasteiger partial charge in [0, 0.05) is 20.6 Å². The van der Waals surface area contributed by atoms with Crippen molar-refractivity contribution in [1.82, 2.24) is 10.3 Å². The summed E-state index contributed by atoms with van der Waals surface area (Å²) in [7, 11) is 5.74. The van der Waals surface area contributed by atoms with Gasteiger partial charge in [-0.05, 0) is 50.0 Å². The number of hydrogen-bond donors (Lipinski definition) is 1. The number of anilines is 1. The summed E-state index contributed by atoms with van der Waals surface area (Å²) in [4.78, 5) is 7.75. The van der Waals surface area contributed by atoms with Crippen molar-refractivity contribution in [3.63, 3.8) is 0 Å². The van der Waals surface area contributed by atoms with Crippen LogP contribution in [0, 0.1) is 17.8 Å². The number of ether oxygens (including phenoxy) is 1. The summed E-state index contributed by atoms with van der Waals surface area (Å²) in [6, 6.07) is 0. The quantitative estimate of drug-likeness (QED) is 0.800. The molecule has 0 saturated heterocycles. The highest BCUT2D eigenvalue weighted by Crippen LogP contribution is 2.48. The molecule has 5 heteroatoms. The Hall–Kier alpha value is -0.810. The van der Waals surface area contributed by atoms with Crippen molar-refractivity contribution in [3.05, 3.63) is 4.88 Å². The normalized spacial score (nSPS) is 18.6. The van der Waals surface area contributed by atoms with Gasteiger partial charge in [-0.15, -0.1) is 0 Å². The molecule has 0 aromatic carbocycles. The van der Waals surface area contributed by atoms with Gasteiger partial charge in [-0.25, -0.2) is 0 Å². The molecule has 0 bridgehead atoms. The smallest absolute Gasteiger partial charge is 0.230 e. The van der Waals surface area contributed by atoms with Crippen molar-refractivity contribution in [2.45, 2.75) is 32.2 Å². The number of aromatic nitrogens is 1. The van der Waals surface area contributed by atoms with E-state index in [0.717, 1.165) is 41.9 Å². The van der Waals surface area contributed by atoms with Crippen LogP contribution in [0.1, 0.15) is 30.6 Å². The van der Waals surface area contributed by atoms with Crippen LogP contribution in [0.15, 0.2) is 0 Å². The molecular formula is C15H25N3OS. The van der Waals surface area contributed by atoms with Gasteiger partial charge < -0.3 is 15.0 Å². The van der Waals surface area contributed by atoms with Crippen molar-refractivity contribution >= 4 is 16.5 Å². The maximum Gasteiger partial charge on any atom is 0.230 e. The third-order valence-electron chi connectivity index (χ3n) is 4.35. The number of methoxy groups -OCH3 is 1. The molecule has 0 unspecified atom stereocenters. The number of thiazole rings is 1. The molecule has 112 valence electrons. The van der Waals surface area contributed by atoms with E-state index >= 15 is 0 Å². The van der Waals surface area contributed by atoms with E-state index in [0.29, 0.717) is 0 Å². The second-order valence-corrected chi connectivity index (χ2v) is 7.36. The fourth-order valence-corrected chi connectivity index (χ4v) is 3.83. The Labute approximate surface area is 125 Å². The molecule has 0 spiro atoms. The Morgan fingerprint density at radius 1 is 1.30 bits per heavy atom. The van der Waals surface area contributed by atoms with Crippen molar-refractivity contribution < 1.29 is 4.74 Å². The molecule has 1 N–H and O–H groups in total. The van der Waals surface area contributed by atoms with Gasteiger partial charge in [0.15, 0.2) is 5.13 Å². The van der Waals surface area contributed by atoms with E-state index in [1.165, 1.54) is 30.6 Å². The fourth-order valence-electron chi connectivity index (χ4n) is 2.91. The van der Waals surface area contributed by atoms with Crippen LogP contribution < -0.4 is 15.0 Å². The van der Waals surface area contributed by atoms with Crippen LogP contribution >= 0.6 is 11.3 Å². The molecule has 0 amide bonds. The van der Waals surface area contributed by atoms with Gasteiger partial charge in [-0.1, -0.05) is 11.3 Å². The first-order valence-electron chi connectivity index (χ1n) is 7.60. The van der Waals surface area contributed by atoms with Gasteiger partial charge in [0.25, 0.3) is 0 Å². The molecule has 2 aliphatic rings. The summed E-state index contributed by atoms with van der Waals surface area (Å²) < 4.78 is 5.39. The molecule has 1 aromatic heterocycles. The Morgan fingerprint density at radius 2 is 1.95 bits per heavy atom. The SMILES string of the molecule is COc1nc(N(C)C)sc1CNCC(C1CC1)C1CC1. The van der Waals surface area contributed by atoms with E-state index < -0.39 is 0 Å². The standard InChI is InChI=1S/C15H25N3OS/c1-18(2)15-17-14(19-3)13(20-15)9-16-8-12(10-4-5-10)11-6-7-11/h10-12,16H,4-9H2,1-3H3. The average Bonchev–Trinajstić information content (AvgIpc) is 3.33. The van der Waals surface area contributed by atoms with Crippen LogP contribution in [0.3, 0.4) is 0 Å². The number of nitrogens with one attached hydrogen (secondary N) is 1. The Balaban J connectivity index is 1.54. The largest absolute Gasteiger partial charge is 0.480 e. The minimum absolute atomic E-state index is 0.778. The lowest BCUT2D eigenvalue weighted by Crippen LogP contribution is -2.25. The molecule has 0 atom stereocenters. The summed E-state index contributed by atoms with van der Waals surface area (Å²) in [5, 5.41) is 4.66. The van der Waals surface area contributed by atoms with Gasteiger partial charge in [0.05, 0.1) is 12.0 Å². The predicted molar refractivity (Wildman–Crippen MR) is 83.6 cm³/mol. The monoisotopic (exact) mass is 295 g/mol. The van der Waals surface area contributed by atoms with E-state index in [1.807, 2.05) is 19.0 Å². The van der Waals surface area contributed by atoms with Crippen LogP contribution in [0.4, 0.5) is 5.13 Å². The van der Waals surface area contributed by atoms with E-state index in [-0.39, 0.29) is 0 Å². The van der Waals surface area contributed by atoms with Gasteiger partial charge in [0.2, 0.25) is 5.88 Å². The molecule has 0 radical (unpaired) electrons. The molecule has 4 nitrogen and oxygen atoms in total. The zero-order valence-corrected chi connectivity index (χ0v) is 13.5. The average molecular weight is 295 g/mol. The molecule has 20 heavy (non-hydrogen) atoms. The first-order valence-corrected chi connectivity index (χ1v) is 8.42. The molecule has 2 aliphatic carbocycles. The highest BCUT2D eigenvalue weighted by molar-refractivity contribution is 7.15. The summed E-state index contributed by atoms with van der Waals surface area (Å²) >= 11 is 1.72. The number of rotatable bonds is 8. The van der Waals surface area contributed by atoms with Crippen molar-refractivity contribution in [2.75, 3.05) is 32.6 Å². The lowest BCUT2D eigenvalue weighted by Gasteiger charge is -2.15. The molecular weight excluding hydrogens is 270 g/mol. The van der Waals surface area contributed by atoms with Gasteiger partial charge in [0.1, 0.15) is 0 Å². The zero-order chi connectivity index (χ0) is 14.1. The fraction of sp³-hybridized carbons (Fsp3) is 0.800. The first kappa shape index (κ1) is 14.1. The van der Waals surface area contributed by atoms with Crippen LogP contribution in [0.25, 0.3) is 0 Å². The highest BCUT2D eigenvalue weighted by atomic mass is 32.1. The molecule has 3 rings (SSSR count). The number of nitrogens with zero attached hydrogens (tertiary/aromatic N) is 2. The maximum atomic E-state index is 5.39. The second-order valence-electron chi connectivity index (χ2n) is 6.29. The van der Waals surface area contributed by atoms with E-state index in [4.69, 9.17) is 4.74 Å². The van der Waals surface area contributed by atoms with E-state index in [2.05, 4.69) is 10.3 Å². The van der Waals surface area contributed by atoms with Crippen LogP contribution in [0.2, 0.25) is 0 Å². The molecule has 1 aromatic rings. The number of hydrogen-bond acceptors (Lipinski definition) is 5. The third-order valence-corrected chi connectivity index (χ3v) is 5.55. The highest BCUT2D eigenvalue weighted by Gasteiger charge is 2.40. The minimum atomic E-state index is 0.778. The minimum Gasteiger partial charge on any atom is -0.480 e. The Morgan fingerprint density at radius 3 is 2.45 bits per heavy atom. The lowest BCUT2D eigenvalue weighted by molar-refractivity contribution is 0.372. The van der Waals surface area contributed by atoms with E-state index in [9.17, 15) is 0 Å². The molecule has 0 aliphatic heterocycles. The van der Waals surface area contributed by atoms with Gasteiger partial charge in [-0.2, -0.15) is 4.98 Å². The van der Waals surface area contributed by atoms with Crippen molar-refractivity contribution in [3.8, 4) is 5.88 Å². The lowest BCUT2D eigenvalue weighted by atomic mass is 9.98. The van der Waals surface area contributed by atoms with Gasteiger partial charge in [-0.3, -0.25) is 0 Å². The first-order chi connectivity index (χ1) is 9.69. The Bertz CT molecular complexity index is 440. The van der Waals surface area contributed by atoms with Crippen LogP contribution in [-0.2, 0) is 6.54 Å². The van der Waals surface area contributed by atoms with Crippen molar-refractivity contribution in [2.24, 2.45) is 17.8 Å².